The number of fused-ring (bicyclic) bond motifs is 1. The van der Waals surface area contributed by atoms with E-state index in [1.165, 1.54) is 0 Å². The Morgan fingerprint density at radius 2 is 2.24 bits per heavy atom. The average Bonchev–Trinajstić information content (AvgIpc) is 2.50. The molecule has 0 spiro atoms. The first-order valence-electron chi connectivity index (χ1n) is 6.62. The molecule has 2 N–H and O–H groups in total. The molecule has 1 aromatic carbocycles. The summed E-state index contributed by atoms with van der Waals surface area (Å²) in [4.78, 5) is 10.6. The van der Waals surface area contributed by atoms with Gasteiger partial charge >= 0.3 is 0 Å². The normalized spacial score (nSPS) is 13.4. The van der Waals surface area contributed by atoms with Crippen molar-refractivity contribution in [2.24, 2.45) is 0 Å². The van der Waals surface area contributed by atoms with Gasteiger partial charge in [-0.05, 0) is 18.2 Å². The quantitative estimate of drug-likeness (QED) is 0.909. The third-order valence-corrected chi connectivity index (χ3v) is 3.57. The van der Waals surface area contributed by atoms with E-state index in [0.29, 0.717) is 23.4 Å². The highest BCUT2D eigenvalue weighted by molar-refractivity contribution is 6.32. The van der Waals surface area contributed by atoms with Gasteiger partial charge in [-0.1, -0.05) is 11.6 Å². The van der Waals surface area contributed by atoms with E-state index < -0.39 is 0 Å². The van der Waals surface area contributed by atoms with Crippen LogP contribution in [-0.2, 0) is 0 Å². The number of nitrogens with zero attached hydrogens (tertiary/aromatic N) is 3. The molecule has 0 amide bonds. The molecule has 3 rings (SSSR count). The number of likely N-dealkylation sites (N-methyl/N-ethyl adjacent to an activating group) is 1. The minimum atomic E-state index is 0.488. The summed E-state index contributed by atoms with van der Waals surface area (Å²) in [5, 5.41) is 6.59. The summed E-state index contributed by atoms with van der Waals surface area (Å²) in [5.41, 5.74) is 1.95. The zero-order valence-electron chi connectivity index (χ0n) is 11.9. The monoisotopic (exact) mass is 305 g/mol. The van der Waals surface area contributed by atoms with Gasteiger partial charge in [-0.3, -0.25) is 0 Å². The zero-order valence-corrected chi connectivity index (χ0v) is 12.6. The van der Waals surface area contributed by atoms with Gasteiger partial charge < -0.3 is 20.3 Å². The van der Waals surface area contributed by atoms with E-state index in [4.69, 9.17) is 16.3 Å². The molecule has 1 aromatic heterocycles. The molecule has 0 atom stereocenters. The summed E-state index contributed by atoms with van der Waals surface area (Å²) < 4.78 is 5.62. The van der Waals surface area contributed by atoms with Crippen LogP contribution < -0.4 is 20.3 Å². The topological polar surface area (TPSA) is 62.3 Å². The van der Waals surface area contributed by atoms with Crippen molar-refractivity contribution in [3.05, 3.63) is 29.4 Å². The SMILES string of the molecule is CNc1nc(Nc2ccc3c(c2)N(C)CCO3)ncc1Cl. The molecule has 1 aliphatic rings. The van der Waals surface area contributed by atoms with Crippen LogP contribution in [-0.4, -0.2) is 37.2 Å². The van der Waals surface area contributed by atoms with Gasteiger partial charge in [-0.25, -0.2) is 4.98 Å². The van der Waals surface area contributed by atoms with E-state index in [1.54, 1.807) is 13.2 Å². The molecule has 7 heteroatoms. The van der Waals surface area contributed by atoms with E-state index in [-0.39, 0.29) is 0 Å². The van der Waals surface area contributed by atoms with Gasteiger partial charge in [0.1, 0.15) is 23.2 Å². The van der Waals surface area contributed by atoms with Crippen molar-refractivity contribution in [2.45, 2.75) is 0 Å². The molecule has 0 fully saturated rings. The molecular weight excluding hydrogens is 290 g/mol. The largest absolute Gasteiger partial charge is 0.490 e. The molecule has 6 nitrogen and oxygen atoms in total. The minimum Gasteiger partial charge on any atom is -0.490 e. The van der Waals surface area contributed by atoms with Gasteiger partial charge in [0, 0.05) is 19.8 Å². The van der Waals surface area contributed by atoms with E-state index in [9.17, 15) is 0 Å². The maximum absolute atomic E-state index is 5.97. The third kappa shape index (κ3) is 2.80. The van der Waals surface area contributed by atoms with Gasteiger partial charge in [0.25, 0.3) is 0 Å². The van der Waals surface area contributed by atoms with Crippen molar-refractivity contribution >= 4 is 34.7 Å². The predicted molar refractivity (Wildman–Crippen MR) is 85.1 cm³/mol. The van der Waals surface area contributed by atoms with Crippen molar-refractivity contribution in [3.63, 3.8) is 0 Å². The summed E-state index contributed by atoms with van der Waals surface area (Å²) in [5.74, 6) is 1.97. The van der Waals surface area contributed by atoms with Gasteiger partial charge in [-0.15, -0.1) is 0 Å². The fourth-order valence-corrected chi connectivity index (χ4v) is 2.35. The zero-order chi connectivity index (χ0) is 14.8. The van der Waals surface area contributed by atoms with E-state index in [1.807, 2.05) is 25.2 Å². The summed E-state index contributed by atoms with van der Waals surface area (Å²) in [6.45, 7) is 1.58. The molecule has 2 heterocycles. The molecule has 21 heavy (non-hydrogen) atoms. The number of hydrogen-bond acceptors (Lipinski definition) is 6. The number of benzene rings is 1. The van der Waals surface area contributed by atoms with Gasteiger partial charge in [-0.2, -0.15) is 4.98 Å². The molecule has 110 valence electrons. The van der Waals surface area contributed by atoms with Gasteiger partial charge in [0.05, 0.1) is 18.4 Å². The Morgan fingerprint density at radius 1 is 1.38 bits per heavy atom. The first-order chi connectivity index (χ1) is 10.2. The molecular formula is C14H16ClN5O. The number of anilines is 4. The highest BCUT2D eigenvalue weighted by Gasteiger charge is 2.15. The van der Waals surface area contributed by atoms with Crippen LogP contribution in [0.1, 0.15) is 0 Å². The predicted octanol–water partition coefficient (Wildman–Crippen LogP) is 2.74. The average molecular weight is 306 g/mol. The fraction of sp³-hybridized carbons (Fsp3) is 0.286. The van der Waals surface area contributed by atoms with Crippen LogP contribution in [0.2, 0.25) is 5.02 Å². The molecule has 2 aromatic rings. The number of hydrogen-bond donors (Lipinski definition) is 2. The number of halogens is 1. The maximum Gasteiger partial charge on any atom is 0.229 e. The maximum atomic E-state index is 5.97. The van der Waals surface area contributed by atoms with Gasteiger partial charge in [0.15, 0.2) is 0 Å². The van der Waals surface area contributed by atoms with Gasteiger partial charge in [0.2, 0.25) is 5.95 Å². The fourth-order valence-electron chi connectivity index (χ4n) is 2.16. The standard InChI is InChI=1S/C14H16ClN5O/c1-16-13-10(15)8-17-14(19-13)18-9-3-4-12-11(7-9)20(2)5-6-21-12/h3-4,7-8H,5-6H2,1-2H3,(H2,16,17,18,19). The van der Waals surface area contributed by atoms with Crippen LogP contribution in [0.15, 0.2) is 24.4 Å². The molecule has 0 aliphatic carbocycles. The molecule has 0 saturated heterocycles. The van der Waals surface area contributed by atoms with Crippen LogP contribution in [0, 0.1) is 0 Å². The first kappa shape index (κ1) is 13.8. The first-order valence-corrected chi connectivity index (χ1v) is 7.00. The van der Waals surface area contributed by atoms with Crippen molar-refractivity contribution in [3.8, 4) is 5.75 Å². The van der Waals surface area contributed by atoms with Crippen LogP contribution in [0.4, 0.5) is 23.1 Å². The smallest absolute Gasteiger partial charge is 0.229 e. The summed E-state index contributed by atoms with van der Waals surface area (Å²) in [6, 6.07) is 5.91. The number of aromatic nitrogens is 2. The Labute approximate surface area is 128 Å². The second kappa shape index (κ2) is 5.65. The van der Waals surface area contributed by atoms with E-state index in [0.717, 1.165) is 23.7 Å². The Bertz CT molecular complexity index is 664. The summed E-state index contributed by atoms with van der Waals surface area (Å²) in [7, 11) is 3.81. The highest BCUT2D eigenvalue weighted by Crippen LogP contribution is 2.34. The molecule has 0 saturated carbocycles. The number of ether oxygens (including phenoxy) is 1. The van der Waals surface area contributed by atoms with Crippen molar-refractivity contribution in [2.75, 3.05) is 42.8 Å². The third-order valence-electron chi connectivity index (χ3n) is 3.29. The Balaban J connectivity index is 1.87. The molecule has 0 unspecified atom stereocenters. The molecule has 0 radical (unpaired) electrons. The Kier molecular flexibility index (Phi) is 3.70. The number of nitrogens with one attached hydrogen (secondary N) is 2. The van der Waals surface area contributed by atoms with Crippen LogP contribution >= 0.6 is 11.6 Å². The van der Waals surface area contributed by atoms with Crippen LogP contribution in [0.5, 0.6) is 5.75 Å². The molecule has 1 aliphatic heterocycles. The second-order valence-corrected chi connectivity index (χ2v) is 5.12. The Hall–Kier alpha value is -2.21. The Morgan fingerprint density at radius 3 is 3.05 bits per heavy atom. The lowest BCUT2D eigenvalue weighted by atomic mass is 10.2. The lowest BCUT2D eigenvalue weighted by molar-refractivity contribution is 0.311. The van der Waals surface area contributed by atoms with Crippen LogP contribution in [0.3, 0.4) is 0 Å². The lowest BCUT2D eigenvalue weighted by Crippen LogP contribution is -2.28. The molecule has 0 bridgehead atoms. The van der Waals surface area contributed by atoms with Crippen molar-refractivity contribution in [1.82, 2.24) is 9.97 Å². The van der Waals surface area contributed by atoms with Crippen LogP contribution in [0.25, 0.3) is 0 Å². The van der Waals surface area contributed by atoms with Crippen molar-refractivity contribution < 1.29 is 4.74 Å². The highest BCUT2D eigenvalue weighted by atomic mass is 35.5. The lowest BCUT2D eigenvalue weighted by Gasteiger charge is -2.28. The second-order valence-electron chi connectivity index (χ2n) is 4.72. The van der Waals surface area contributed by atoms with E-state index in [2.05, 4.69) is 25.5 Å². The number of rotatable bonds is 3. The minimum absolute atomic E-state index is 0.488. The van der Waals surface area contributed by atoms with Crippen molar-refractivity contribution in [1.29, 1.82) is 0 Å². The summed E-state index contributed by atoms with van der Waals surface area (Å²) in [6.07, 6.45) is 1.57. The van der Waals surface area contributed by atoms with E-state index >= 15 is 0 Å². The summed E-state index contributed by atoms with van der Waals surface area (Å²) >= 11 is 5.97.